The van der Waals surface area contributed by atoms with Crippen molar-refractivity contribution in [2.24, 2.45) is 0 Å². The Balaban J connectivity index is 1.48. The number of nitrogens with zero attached hydrogens (tertiary/aromatic N) is 4. The molecule has 1 aromatic heterocycles. The van der Waals surface area contributed by atoms with Gasteiger partial charge in [0.25, 0.3) is 0 Å². The Hall–Kier alpha value is -3.98. The second-order valence-electron chi connectivity index (χ2n) is 7.41. The number of para-hydroxylation sites is 2. The SMILES string of the molecule is CN(CC(=O)Nc1ccccc1)C(=O)CSc1nnc(-c2ccccc2F)n1-c1ccccc1. The molecule has 0 fully saturated rings. The summed E-state index contributed by atoms with van der Waals surface area (Å²) in [6, 6.07) is 24.7. The molecule has 9 heteroatoms. The second kappa shape index (κ2) is 10.8. The molecule has 172 valence electrons. The lowest BCUT2D eigenvalue weighted by atomic mass is 10.2. The summed E-state index contributed by atoms with van der Waals surface area (Å²) in [5.41, 5.74) is 1.72. The molecule has 0 radical (unpaired) electrons. The molecule has 0 unspecified atom stereocenters. The highest BCUT2D eigenvalue weighted by atomic mass is 32.2. The van der Waals surface area contributed by atoms with Gasteiger partial charge in [-0.05, 0) is 36.4 Å². The Morgan fingerprint density at radius 3 is 2.29 bits per heavy atom. The van der Waals surface area contributed by atoms with E-state index in [1.54, 1.807) is 41.9 Å². The van der Waals surface area contributed by atoms with Gasteiger partial charge in [0, 0.05) is 18.4 Å². The van der Waals surface area contributed by atoms with Crippen LogP contribution in [0.3, 0.4) is 0 Å². The first-order valence-corrected chi connectivity index (χ1v) is 11.5. The number of hydrogen-bond acceptors (Lipinski definition) is 5. The fourth-order valence-corrected chi connectivity index (χ4v) is 4.14. The maximum Gasteiger partial charge on any atom is 0.243 e. The third-order valence-corrected chi connectivity index (χ3v) is 5.87. The topological polar surface area (TPSA) is 80.1 Å². The van der Waals surface area contributed by atoms with Gasteiger partial charge in [0.15, 0.2) is 11.0 Å². The lowest BCUT2D eigenvalue weighted by molar-refractivity contribution is -0.131. The number of halogens is 1. The second-order valence-corrected chi connectivity index (χ2v) is 8.35. The highest BCUT2D eigenvalue weighted by molar-refractivity contribution is 7.99. The number of carbonyl (C=O) groups is 2. The summed E-state index contributed by atoms with van der Waals surface area (Å²) in [5, 5.41) is 11.6. The molecule has 0 saturated carbocycles. The molecule has 0 aliphatic carbocycles. The van der Waals surface area contributed by atoms with Crippen LogP contribution in [0, 0.1) is 5.82 Å². The normalized spacial score (nSPS) is 10.6. The quantitative estimate of drug-likeness (QED) is 0.385. The van der Waals surface area contributed by atoms with E-state index in [-0.39, 0.29) is 24.1 Å². The maximum absolute atomic E-state index is 14.5. The van der Waals surface area contributed by atoms with Gasteiger partial charge in [0.2, 0.25) is 11.8 Å². The predicted octanol–water partition coefficient (Wildman–Crippen LogP) is 4.26. The Morgan fingerprint density at radius 2 is 1.59 bits per heavy atom. The lowest BCUT2D eigenvalue weighted by Crippen LogP contribution is -2.36. The number of hydrogen-bond donors (Lipinski definition) is 1. The number of nitrogens with one attached hydrogen (secondary N) is 1. The van der Waals surface area contributed by atoms with Crippen LogP contribution in [0.25, 0.3) is 17.1 Å². The molecule has 34 heavy (non-hydrogen) atoms. The molecular weight excluding hydrogens is 453 g/mol. The third kappa shape index (κ3) is 5.49. The highest BCUT2D eigenvalue weighted by Crippen LogP contribution is 2.29. The van der Waals surface area contributed by atoms with Crippen LogP contribution in [0.2, 0.25) is 0 Å². The Labute approximate surface area is 200 Å². The maximum atomic E-state index is 14.5. The Kier molecular flexibility index (Phi) is 7.34. The van der Waals surface area contributed by atoms with E-state index in [2.05, 4.69) is 15.5 Å². The zero-order valence-electron chi connectivity index (χ0n) is 18.4. The molecule has 0 saturated heterocycles. The Morgan fingerprint density at radius 1 is 0.941 bits per heavy atom. The number of likely N-dealkylation sites (N-methyl/N-ethyl adjacent to an activating group) is 1. The van der Waals surface area contributed by atoms with E-state index in [0.29, 0.717) is 22.2 Å². The van der Waals surface area contributed by atoms with Crippen LogP contribution in [0.4, 0.5) is 10.1 Å². The summed E-state index contributed by atoms with van der Waals surface area (Å²) in [6.45, 7) is -0.0832. The van der Waals surface area contributed by atoms with Gasteiger partial charge in [-0.25, -0.2) is 4.39 Å². The predicted molar refractivity (Wildman–Crippen MR) is 130 cm³/mol. The summed E-state index contributed by atoms with van der Waals surface area (Å²) in [7, 11) is 1.57. The van der Waals surface area contributed by atoms with Crippen molar-refractivity contribution in [1.29, 1.82) is 0 Å². The Bertz CT molecular complexity index is 1280. The molecule has 2 amide bonds. The monoisotopic (exact) mass is 475 g/mol. The molecule has 4 rings (SSSR count). The van der Waals surface area contributed by atoms with Crippen LogP contribution in [0.15, 0.2) is 90.1 Å². The standard InChI is InChI=1S/C25H22FN5O2S/c1-30(16-22(32)27-18-10-4-2-5-11-18)23(33)17-34-25-29-28-24(20-14-8-9-15-21(20)26)31(25)19-12-6-3-7-13-19/h2-15H,16-17H2,1H3,(H,27,32). The highest BCUT2D eigenvalue weighted by Gasteiger charge is 2.20. The van der Waals surface area contributed by atoms with Crippen LogP contribution in [-0.2, 0) is 9.59 Å². The molecule has 0 spiro atoms. The minimum absolute atomic E-state index is 0.0390. The summed E-state index contributed by atoms with van der Waals surface area (Å²) in [4.78, 5) is 26.3. The molecule has 0 atom stereocenters. The zero-order chi connectivity index (χ0) is 23.9. The van der Waals surface area contributed by atoms with Crippen molar-refractivity contribution in [1.82, 2.24) is 19.7 Å². The number of benzene rings is 3. The molecule has 3 aromatic carbocycles. The van der Waals surface area contributed by atoms with Gasteiger partial charge in [-0.15, -0.1) is 10.2 Å². The minimum atomic E-state index is -0.413. The molecule has 0 bridgehead atoms. The van der Waals surface area contributed by atoms with Crippen LogP contribution in [0.1, 0.15) is 0 Å². The number of rotatable bonds is 8. The molecule has 1 heterocycles. The summed E-state index contributed by atoms with van der Waals surface area (Å²) < 4.78 is 16.2. The first kappa shape index (κ1) is 23.2. The van der Waals surface area contributed by atoms with Gasteiger partial charge in [-0.3, -0.25) is 14.2 Å². The van der Waals surface area contributed by atoms with Crippen LogP contribution in [0.5, 0.6) is 0 Å². The third-order valence-electron chi connectivity index (χ3n) is 4.95. The van der Waals surface area contributed by atoms with E-state index >= 15 is 0 Å². The van der Waals surface area contributed by atoms with Crippen molar-refractivity contribution in [3.63, 3.8) is 0 Å². The molecule has 1 N–H and O–H groups in total. The van der Waals surface area contributed by atoms with Crippen molar-refractivity contribution < 1.29 is 14.0 Å². The largest absolute Gasteiger partial charge is 0.336 e. The van der Waals surface area contributed by atoms with Gasteiger partial charge >= 0.3 is 0 Å². The van der Waals surface area contributed by atoms with Crippen LogP contribution in [-0.4, -0.2) is 50.8 Å². The van der Waals surface area contributed by atoms with E-state index in [0.717, 1.165) is 5.69 Å². The molecule has 0 aliphatic rings. The number of thioether (sulfide) groups is 1. The van der Waals surface area contributed by atoms with Gasteiger partial charge in [0.1, 0.15) is 5.82 Å². The van der Waals surface area contributed by atoms with Gasteiger partial charge in [0.05, 0.1) is 17.9 Å². The smallest absolute Gasteiger partial charge is 0.243 e. The fourth-order valence-electron chi connectivity index (χ4n) is 3.25. The zero-order valence-corrected chi connectivity index (χ0v) is 19.2. The lowest BCUT2D eigenvalue weighted by Gasteiger charge is -2.17. The molecule has 4 aromatic rings. The van der Waals surface area contributed by atoms with Crippen LogP contribution < -0.4 is 5.32 Å². The number of aromatic nitrogens is 3. The van der Waals surface area contributed by atoms with Crippen molar-refractivity contribution >= 4 is 29.3 Å². The van der Waals surface area contributed by atoms with E-state index < -0.39 is 5.82 Å². The average molecular weight is 476 g/mol. The molecule has 0 aliphatic heterocycles. The van der Waals surface area contributed by atoms with Crippen LogP contribution >= 0.6 is 11.8 Å². The number of amides is 2. The van der Waals surface area contributed by atoms with E-state index in [1.807, 2.05) is 48.5 Å². The first-order valence-electron chi connectivity index (χ1n) is 10.5. The van der Waals surface area contributed by atoms with E-state index in [9.17, 15) is 14.0 Å². The van der Waals surface area contributed by atoms with E-state index in [4.69, 9.17) is 0 Å². The molecule has 7 nitrogen and oxygen atoms in total. The van der Waals surface area contributed by atoms with Gasteiger partial charge < -0.3 is 10.2 Å². The minimum Gasteiger partial charge on any atom is -0.336 e. The summed E-state index contributed by atoms with van der Waals surface area (Å²) in [6.07, 6.45) is 0. The summed E-state index contributed by atoms with van der Waals surface area (Å²) >= 11 is 1.17. The van der Waals surface area contributed by atoms with Crippen molar-refractivity contribution in [2.75, 3.05) is 24.7 Å². The number of anilines is 1. The van der Waals surface area contributed by atoms with Crippen molar-refractivity contribution in [3.05, 3.63) is 90.7 Å². The molecular formula is C25H22FN5O2S. The van der Waals surface area contributed by atoms with Crippen molar-refractivity contribution in [2.45, 2.75) is 5.16 Å². The average Bonchev–Trinajstić information content (AvgIpc) is 3.27. The first-order chi connectivity index (χ1) is 16.5. The van der Waals surface area contributed by atoms with Crippen molar-refractivity contribution in [3.8, 4) is 17.1 Å². The fraction of sp³-hybridized carbons (Fsp3) is 0.120. The van der Waals surface area contributed by atoms with Gasteiger partial charge in [-0.1, -0.05) is 60.3 Å². The number of carbonyl (C=O) groups excluding carboxylic acids is 2. The summed E-state index contributed by atoms with van der Waals surface area (Å²) in [5.74, 6) is -0.569. The van der Waals surface area contributed by atoms with Gasteiger partial charge in [-0.2, -0.15) is 0 Å². The van der Waals surface area contributed by atoms with E-state index in [1.165, 1.54) is 22.7 Å².